The monoisotopic (exact) mass is 587 g/mol. The number of aromatic nitrogens is 1. The van der Waals surface area contributed by atoms with Gasteiger partial charge in [-0.15, -0.1) is 0 Å². The van der Waals surface area contributed by atoms with E-state index < -0.39 is 36.6 Å². The first-order chi connectivity index (χ1) is 20.4. The van der Waals surface area contributed by atoms with Crippen molar-refractivity contribution < 1.29 is 38.8 Å². The molecule has 13 heteroatoms. The number of likely N-dealkylation sites (tertiary alicyclic amines) is 1. The highest BCUT2D eigenvalue weighted by Gasteiger charge is 2.47. The summed E-state index contributed by atoms with van der Waals surface area (Å²) in [6, 6.07) is 3.14. The molecule has 7 atom stereocenters. The first-order valence-corrected chi connectivity index (χ1v) is 15.1. The second kappa shape index (κ2) is 12.9. The van der Waals surface area contributed by atoms with E-state index in [1.54, 1.807) is 17.3 Å². The molecule has 3 N–H and O–H groups in total. The van der Waals surface area contributed by atoms with E-state index in [-0.39, 0.29) is 49.2 Å². The topological polar surface area (TPSA) is 154 Å². The number of aliphatic hydroxyl groups excluding tert-OH is 2. The minimum atomic E-state index is -1.26. The molecule has 6 heterocycles. The third kappa shape index (κ3) is 6.46. The van der Waals surface area contributed by atoms with Crippen LogP contribution in [0.4, 0.5) is 0 Å². The largest absolute Gasteiger partial charge is 0.388 e. The number of amides is 3. The molecule has 5 fully saturated rings. The second-order valence-electron chi connectivity index (χ2n) is 12.1. The van der Waals surface area contributed by atoms with Crippen LogP contribution in [-0.4, -0.2) is 143 Å². The Morgan fingerprint density at radius 2 is 1.76 bits per heavy atom. The van der Waals surface area contributed by atoms with E-state index in [0.717, 1.165) is 5.56 Å². The lowest BCUT2D eigenvalue weighted by Gasteiger charge is -2.39. The molecule has 0 aliphatic carbocycles. The van der Waals surface area contributed by atoms with E-state index >= 15 is 0 Å². The predicted octanol–water partition coefficient (Wildman–Crippen LogP) is -1.48. The van der Waals surface area contributed by atoms with Gasteiger partial charge in [0, 0.05) is 76.8 Å². The highest BCUT2D eigenvalue weighted by atomic mass is 16.5. The first kappa shape index (κ1) is 29.4. The van der Waals surface area contributed by atoms with Gasteiger partial charge in [-0.25, -0.2) is 0 Å². The summed E-state index contributed by atoms with van der Waals surface area (Å²) in [6.07, 6.45) is 0.250. The van der Waals surface area contributed by atoms with E-state index in [0.29, 0.717) is 65.3 Å². The standard InChI is InChI=1S/C29H41N5O8/c35-25-12-23-26(36)27(37)24(42-23)17-34(28(38)19-3-8-40-9-4-19)16-21-15-32(7-10-41-21)29(39)22-11-20(31-25)14-33(22)13-18-1-5-30-6-2-18/h1-2,5-6,19-24,26-27,36-37H,3-4,7-17H2,(H,31,35)/t20-,21-,22-,23-,24+,26-,27+/m0/s1. The maximum absolute atomic E-state index is 14.0. The van der Waals surface area contributed by atoms with Crippen molar-refractivity contribution in [2.75, 3.05) is 52.5 Å². The molecular weight excluding hydrogens is 546 g/mol. The summed E-state index contributed by atoms with van der Waals surface area (Å²) in [5.74, 6) is -0.645. The third-order valence-electron chi connectivity index (χ3n) is 9.19. The Hall–Kier alpha value is -2.68. The lowest BCUT2D eigenvalue weighted by Crippen LogP contribution is -2.56. The van der Waals surface area contributed by atoms with Crippen LogP contribution in [0.5, 0.6) is 0 Å². The summed E-state index contributed by atoms with van der Waals surface area (Å²) >= 11 is 0. The molecule has 0 spiro atoms. The zero-order valence-electron chi connectivity index (χ0n) is 23.8. The minimum Gasteiger partial charge on any atom is -0.388 e. The lowest BCUT2D eigenvalue weighted by atomic mass is 9.97. The average molecular weight is 588 g/mol. The molecule has 0 aromatic carbocycles. The quantitative estimate of drug-likeness (QED) is 0.381. The molecule has 6 rings (SSSR count). The number of nitrogens with zero attached hydrogens (tertiary/aromatic N) is 4. The van der Waals surface area contributed by atoms with Gasteiger partial charge in [0.05, 0.1) is 31.3 Å². The molecule has 3 amide bonds. The number of carbonyl (C=O) groups excluding carboxylic acids is 3. The highest BCUT2D eigenvalue weighted by Crippen LogP contribution is 2.28. The number of hydrogen-bond acceptors (Lipinski definition) is 10. The molecule has 0 unspecified atom stereocenters. The molecule has 0 radical (unpaired) electrons. The highest BCUT2D eigenvalue weighted by molar-refractivity contribution is 5.83. The van der Waals surface area contributed by atoms with Crippen molar-refractivity contribution in [2.24, 2.45) is 5.92 Å². The van der Waals surface area contributed by atoms with Crippen LogP contribution in [-0.2, 0) is 35.1 Å². The molecular formula is C29H41N5O8. The number of morpholine rings is 1. The van der Waals surface area contributed by atoms with Crippen LogP contribution in [0.15, 0.2) is 24.5 Å². The van der Waals surface area contributed by atoms with Crippen LogP contribution < -0.4 is 5.32 Å². The van der Waals surface area contributed by atoms with Gasteiger partial charge >= 0.3 is 0 Å². The summed E-state index contributed by atoms with van der Waals surface area (Å²) in [6.45, 7) is 3.41. The van der Waals surface area contributed by atoms with Gasteiger partial charge in [-0.1, -0.05) is 0 Å². The Balaban J connectivity index is 1.26. The van der Waals surface area contributed by atoms with Gasteiger partial charge in [0.1, 0.15) is 18.3 Å². The molecule has 5 saturated heterocycles. The summed E-state index contributed by atoms with van der Waals surface area (Å²) in [7, 11) is 0. The second-order valence-corrected chi connectivity index (χ2v) is 12.1. The summed E-state index contributed by atoms with van der Waals surface area (Å²) in [5, 5.41) is 24.7. The molecule has 0 saturated carbocycles. The number of hydrogen-bond donors (Lipinski definition) is 3. The molecule has 5 aliphatic rings. The van der Waals surface area contributed by atoms with E-state index in [1.165, 1.54) is 0 Å². The molecule has 13 nitrogen and oxygen atoms in total. The number of aliphatic hydroxyl groups is 2. The molecule has 1 aromatic heterocycles. The average Bonchev–Trinajstić information content (AvgIpc) is 3.51. The van der Waals surface area contributed by atoms with Crippen molar-refractivity contribution in [2.45, 2.75) is 74.8 Å². The Labute approximate surface area is 245 Å². The first-order valence-electron chi connectivity index (χ1n) is 15.1. The van der Waals surface area contributed by atoms with E-state index in [2.05, 4.69) is 15.2 Å². The predicted molar refractivity (Wildman–Crippen MR) is 147 cm³/mol. The van der Waals surface area contributed by atoms with Gasteiger partial charge in [-0.2, -0.15) is 0 Å². The van der Waals surface area contributed by atoms with Gasteiger partial charge in [-0.05, 0) is 37.0 Å². The Bertz CT molecular complexity index is 1120. The van der Waals surface area contributed by atoms with Gasteiger partial charge in [0.15, 0.2) is 0 Å². The van der Waals surface area contributed by atoms with Crippen molar-refractivity contribution in [3.05, 3.63) is 30.1 Å². The van der Waals surface area contributed by atoms with E-state index in [4.69, 9.17) is 14.2 Å². The number of carbonyl (C=O) groups is 3. The maximum atomic E-state index is 14.0. The zero-order chi connectivity index (χ0) is 29.2. The number of fused-ring (bicyclic) bond motifs is 6. The number of nitrogens with one attached hydrogen (secondary N) is 1. The van der Waals surface area contributed by atoms with Crippen molar-refractivity contribution in [1.82, 2.24) is 25.0 Å². The Morgan fingerprint density at radius 1 is 1.00 bits per heavy atom. The third-order valence-corrected chi connectivity index (χ3v) is 9.19. The van der Waals surface area contributed by atoms with Crippen LogP contribution in [0.2, 0.25) is 0 Å². The van der Waals surface area contributed by atoms with Crippen LogP contribution in [0, 0.1) is 5.92 Å². The molecule has 230 valence electrons. The van der Waals surface area contributed by atoms with Crippen LogP contribution >= 0.6 is 0 Å². The SMILES string of the molecule is O=C1C[C@@H]2O[C@H](CN(C(=O)C3CCOCC3)C[C@@H]3CN(CCO3)C(=O)[C@@H]3C[C@@H](CN3Cc3ccncc3)N1)[C@@H](O)[C@H]2O. The molecule has 1 aromatic rings. The summed E-state index contributed by atoms with van der Waals surface area (Å²) in [4.78, 5) is 50.4. The van der Waals surface area contributed by atoms with Gasteiger partial charge in [0.25, 0.3) is 0 Å². The van der Waals surface area contributed by atoms with Gasteiger partial charge in [-0.3, -0.25) is 24.3 Å². The molecule has 42 heavy (non-hydrogen) atoms. The summed E-state index contributed by atoms with van der Waals surface area (Å²) < 4.78 is 17.5. The van der Waals surface area contributed by atoms with Crippen LogP contribution in [0.3, 0.4) is 0 Å². The van der Waals surface area contributed by atoms with Crippen LogP contribution in [0.25, 0.3) is 0 Å². The van der Waals surface area contributed by atoms with Gasteiger partial charge in [0.2, 0.25) is 17.7 Å². The van der Waals surface area contributed by atoms with Crippen molar-refractivity contribution in [3.8, 4) is 0 Å². The fraction of sp³-hybridized carbons (Fsp3) is 0.724. The van der Waals surface area contributed by atoms with E-state index in [9.17, 15) is 24.6 Å². The number of ether oxygens (including phenoxy) is 3. The fourth-order valence-corrected chi connectivity index (χ4v) is 6.94. The maximum Gasteiger partial charge on any atom is 0.240 e. The fourth-order valence-electron chi connectivity index (χ4n) is 6.94. The minimum absolute atomic E-state index is 0.0160. The van der Waals surface area contributed by atoms with Gasteiger partial charge < -0.3 is 39.5 Å². The van der Waals surface area contributed by atoms with Crippen molar-refractivity contribution in [3.63, 3.8) is 0 Å². The van der Waals surface area contributed by atoms with Crippen molar-refractivity contribution in [1.29, 1.82) is 0 Å². The van der Waals surface area contributed by atoms with E-state index in [1.807, 2.05) is 17.0 Å². The Kier molecular flexibility index (Phi) is 9.03. The van der Waals surface area contributed by atoms with Crippen molar-refractivity contribution >= 4 is 17.7 Å². The van der Waals surface area contributed by atoms with Crippen LogP contribution in [0.1, 0.15) is 31.2 Å². The number of rotatable bonds is 3. The molecule has 6 bridgehead atoms. The molecule has 5 aliphatic heterocycles. The zero-order valence-corrected chi connectivity index (χ0v) is 23.8. The number of pyridine rings is 1. The summed E-state index contributed by atoms with van der Waals surface area (Å²) in [5.41, 5.74) is 1.02. The lowest BCUT2D eigenvalue weighted by molar-refractivity contribution is -0.150. The normalized spacial score (nSPS) is 35.3. The Morgan fingerprint density at radius 3 is 2.55 bits per heavy atom. The smallest absolute Gasteiger partial charge is 0.240 e.